The van der Waals surface area contributed by atoms with Crippen molar-refractivity contribution < 1.29 is 48.4 Å². The maximum absolute atomic E-state index is 12.7. The van der Waals surface area contributed by atoms with Crippen molar-refractivity contribution in [1.82, 2.24) is 0 Å². The van der Waals surface area contributed by atoms with Gasteiger partial charge in [0.05, 0.1) is 6.61 Å². The molecule has 2 unspecified atom stereocenters. The van der Waals surface area contributed by atoms with Crippen molar-refractivity contribution >= 4 is 29.8 Å². The maximum atomic E-state index is 12.7. The van der Waals surface area contributed by atoms with Gasteiger partial charge >= 0.3 is 29.8 Å². The van der Waals surface area contributed by atoms with E-state index >= 15 is 0 Å². The lowest BCUT2D eigenvalue weighted by Gasteiger charge is -2.27. The molecule has 0 bridgehead atoms. The normalized spacial score (nSPS) is 12.3. The third-order valence-electron chi connectivity index (χ3n) is 7.04. The van der Waals surface area contributed by atoms with Gasteiger partial charge in [-0.25, -0.2) is 0 Å². The molecule has 0 radical (unpaired) electrons. The molecule has 0 spiro atoms. The lowest BCUT2D eigenvalue weighted by Crippen LogP contribution is -2.35. The summed E-state index contributed by atoms with van der Waals surface area (Å²) in [7, 11) is 0. The number of rotatable bonds is 29. The summed E-state index contributed by atoms with van der Waals surface area (Å²) in [5.74, 6) is -2.84. The smallest absolute Gasteiger partial charge is 0.306 e. The fourth-order valence-corrected chi connectivity index (χ4v) is 4.69. The van der Waals surface area contributed by atoms with Crippen molar-refractivity contribution in [2.45, 2.75) is 167 Å². The minimum absolute atomic E-state index is 0.00360. The van der Waals surface area contributed by atoms with Crippen molar-refractivity contribution in [1.29, 1.82) is 0 Å². The van der Waals surface area contributed by atoms with Crippen LogP contribution in [-0.4, -0.2) is 58.9 Å². The predicted molar refractivity (Wildman–Crippen MR) is 159 cm³/mol. The summed E-state index contributed by atoms with van der Waals surface area (Å²) in [4.78, 5) is 58.5. The van der Waals surface area contributed by atoms with Gasteiger partial charge in [-0.3, -0.25) is 24.0 Å². The van der Waals surface area contributed by atoms with Gasteiger partial charge in [-0.15, -0.1) is 0 Å². The van der Waals surface area contributed by atoms with Gasteiger partial charge in [0.15, 0.2) is 0 Å². The number of ether oxygens (including phenoxy) is 3. The molecular formula is C32H56O10. The SMILES string of the molecule is CCCCCCCCC(OC(=O)CCCCC(=O)O)C(CCCCCCCC(=O)OCC)OC(=O)CCCCC(=O)O. The van der Waals surface area contributed by atoms with Crippen molar-refractivity contribution in [3.8, 4) is 0 Å². The number of unbranched alkanes of at least 4 members (excludes halogenated alkanes) is 11. The molecular weight excluding hydrogens is 544 g/mol. The first-order valence-corrected chi connectivity index (χ1v) is 16.2. The summed E-state index contributed by atoms with van der Waals surface area (Å²) in [6, 6.07) is 0. The predicted octanol–water partition coefficient (Wildman–Crippen LogP) is 7.14. The van der Waals surface area contributed by atoms with E-state index in [4.69, 9.17) is 24.4 Å². The molecule has 0 amide bonds. The molecule has 0 saturated heterocycles. The van der Waals surface area contributed by atoms with E-state index in [-0.39, 0.29) is 31.7 Å². The van der Waals surface area contributed by atoms with Crippen LogP contribution >= 0.6 is 0 Å². The van der Waals surface area contributed by atoms with Crippen molar-refractivity contribution in [2.24, 2.45) is 0 Å². The minimum Gasteiger partial charge on any atom is -0.481 e. The third kappa shape index (κ3) is 25.1. The molecule has 0 rings (SSSR count). The summed E-state index contributed by atoms with van der Waals surface area (Å²) < 4.78 is 16.7. The zero-order valence-corrected chi connectivity index (χ0v) is 26.1. The van der Waals surface area contributed by atoms with Crippen LogP contribution in [0.15, 0.2) is 0 Å². The first-order chi connectivity index (χ1) is 20.2. The number of aliphatic carboxylic acids is 2. The number of carbonyl (C=O) groups is 5. The molecule has 0 aliphatic heterocycles. The Morgan fingerprint density at radius 2 is 0.833 bits per heavy atom. The molecule has 0 saturated carbocycles. The van der Waals surface area contributed by atoms with E-state index in [0.717, 1.165) is 64.2 Å². The summed E-state index contributed by atoms with van der Waals surface area (Å²) in [5.41, 5.74) is 0. The van der Waals surface area contributed by atoms with Gasteiger partial charge in [-0.2, -0.15) is 0 Å². The summed E-state index contributed by atoms with van der Waals surface area (Å²) >= 11 is 0. The highest BCUT2D eigenvalue weighted by Gasteiger charge is 2.28. The van der Waals surface area contributed by atoms with E-state index in [1.807, 2.05) is 0 Å². The number of carboxylic acid groups (broad SMARTS) is 2. The van der Waals surface area contributed by atoms with E-state index in [2.05, 4.69) is 6.92 Å². The zero-order valence-electron chi connectivity index (χ0n) is 26.1. The fourth-order valence-electron chi connectivity index (χ4n) is 4.69. The second-order valence-electron chi connectivity index (χ2n) is 10.9. The fraction of sp³-hybridized carbons (Fsp3) is 0.844. The van der Waals surface area contributed by atoms with Crippen LogP contribution < -0.4 is 0 Å². The number of carboxylic acids is 2. The lowest BCUT2D eigenvalue weighted by molar-refractivity contribution is -0.169. The van der Waals surface area contributed by atoms with Gasteiger partial charge in [-0.05, 0) is 64.7 Å². The Bertz CT molecular complexity index is 752. The first kappa shape index (κ1) is 39.4. The van der Waals surface area contributed by atoms with Gasteiger partial charge in [-0.1, -0.05) is 58.3 Å². The van der Waals surface area contributed by atoms with Crippen molar-refractivity contribution in [2.75, 3.05) is 6.61 Å². The topological polar surface area (TPSA) is 154 Å². The average molecular weight is 601 g/mol. The molecule has 244 valence electrons. The van der Waals surface area contributed by atoms with Crippen LogP contribution in [0.1, 0.15) is 155 Å². The molecule has 0 aromatic heterocycles. The summed E-state index contributed by atoms with van der Waals surface area (Å²) in [6.45, 7) is 4.33. The first-order valence-electron chi connectivity index (χ1n) is 16.2. The second-order valence-corrected chi connectivity index (χ2v) is 10.9. The molecule has 0 aromatic carbocycles. The number of hydrogen-bond donors (Lipinski definition) is 2. The minimum atomic E-state index is -0.905. The Morgan fingerprint density at radius 1 is 0.476 bits per heavy atom. The summed E-state index contributed by atoms with van der Waals surface area (Å²) in [5, 5.41) is 17.7. The standard InChI is InChI=1S/C32H56O10/c1-3-5-6-7-9-12-19-26(41-31(38)24-17-15-21-28(33)34)27(42-32(39)25-18-16-22-29(35)36)20-13-10-8-11-14-23-30(37)40-4-2/h26-27H,3-25H2,1-2H3,(H,33,34)(H,35,36). The van der Waals surface area contributed by atoms with Crippen LogP contribution in [0.5, 0.6) is 0 Å². The quantitative estimate of drug-likeness (QED) is 0.0514. The van der Waals surface area contributed by atoms with Gasteiger partial charge in [0.2, 0.25) is 0 Å². The molecule has 0 aromatic rings. The Kier molecular flexibility index (Phi) is 25.5. The number of esters is 3. The number of carbonyl (C=O) groups excluding carboxylic acids is 3. The highest BCUT2D eigenvalue weighted by Crippen LogP contribution is 2.22. The zero-order chi connectivity index (χ0) is 31.4. The Balaban J connectivity index is 5.16. The monoisotopic (exact) mass is 600 g/mol. The molecule has 42 heavy (non-hydrogen) atoms. The van der Waals surface area contributed by atoms with Crippen molar-refractivity contribution in [3.63, 3.8) is 0 Å². The van der Waals surface area contributed by atoms with Gasteiger partial charge in [0.1, 0.15) is 12.2 Å². The molecule has 0 heterocycles. The van der Waals surface area contributed by atoms with Crippen LogP contribution in [0.3, 0.4) is 0 Å². The molecule has 2 N–H and O–H groups in total. The molecule has 0 aliphatic rings. The average Bonchev–Trinajstić information content (AvgIpc) is 2.93. The van der Waals surface area contributed by atoms with Crippen LogP contribution in [0.4, 0.5) is 0 Å². The van der Waals surface area contributed by atoms with E-state index in [9.17, 15) is 24.0 Å². The van der Waals surface area contributed by atoms with Crippen LogP contribution in [0, 0.1) is 0 Å². The number of hydrogen-bond acceptors (Lipinski definition) is 8. The molecule has 0 aliphatic carbocycles. The van der Waals surface area contributed by atoms with Gasteiger partial charge in [0.25, 0.3) is 0 Å². The Hall–Kier alpha value is -2.65. The van der Waals surface area contributed by atoms with Crippen LogP contribution in [0.25, 0.3) is 0 Å². The lowest BCUT2D eigenvalue weighted by atomic mass is 9.99. The Labute approximate surface area is 252 Å². The molecule has 10 heteroatoms. The van der Waals surface area contributed by atoms with Gasteiger partial charge in [0, 0.05) is 32.1 Å². The highest BCUT2D eigenvalue weighted by molar-refractivity contribution is 5.71. The third-order valence-corrected chi connectivity index (χ3v) is 7.04. The summed E-state index contributed by atoms with van der Waals surface area (Å²) in [6.07, 6.45) is 12.7. The molecule has 2 atom stereocenters. The van der Waals surface area contributed by atoms with E-state index in [1.54, 1.807) is 6.92 Å². The second kappa shape index (κ2) is 27.2. The van der Waals surface area contributed by atoms with Gasteiger partial charge < -0.3 is 24.4 Å². The molecule has 0 fully saturated rings. The molecule has 10 nitrogen and oxygen atoms in total. The van der Waals surface area contributed by atoms with Crippen LogP contribution in [-0.2, 0) is 38.2 Å². The van der Waals surface area contributed by atoms with E-state index in [1.165, 1.54) is 6.42 Å². The maximum Gasteiger partial charge on any atom is 0.306 e. The Morgan fingerprint density at radius 3 is 1.26 bits per heavy atom. The van der Waals surface area contributed by atoms with Crippen molar-refractivity contribution in [3.05, 3.63) is 0 Å². The van der Waals surface area contributed by atoms with Crippen LogP contribution in [0.2, 0.25) is 0 Å². The largest absolute Gasteiger partial charge is 0.481 e. The van der Waals surface area contributed by atoms with E-state index < -0.39 is 36.1 Å². The highest BCUT2D eigenvalue weighted by atomic mass is 16.6. The van der Waals surface area contributed by atoms with E-state index in [0.29, 0.717) is 51.6 Å².